The summed E-state index contributed by atoms with van der Waals surface area (Å²) in [4.78, 5) is 0. The molecule has 0 aliphatic carbocycles. The van der Waals surface area contributed by atoms with Gasteiger partial charge in [0.25, 0.3) is 0 Å². The summed E-state index contributed by atoms with van der Waals surface area (Å²) in [6.07, 6.45) is 0. The largest absolute Gasteiger partial charge is 0.504 e. The molecule has 0 heterocycles. The van der Waals surface area contributed by atoms with Gasteiger partial charge in [-0.25, -0.2) is 0 Å². The van der Waals surface area contributed by atoms with Gasteiger partial charge in [-0.05, 0) is 18.2 Å². The van der Waals surface area contributed by atoms with E-state index < -0.39 is 0 Å². The zero-order chi connectivity index (χ0) is 13.7. The van der Waals surface area contributed by atoms with Crippen LogP contribution < -0.4 is 10.1 Å². The summed E-state index contributed by atoms with van der Waals surface area (Å²) in [6, 6.07) is 14.7. The summed E-state index contributed by atoms with van der Waals surface area (Å²) in [5.41, 5.74) is 2.03. The summed E-state index contributed by atoms with van der Waals surface area (Å²) >= 11 is 0. The lowest BCUT2D eigenvalue weighted by molar-refractivity contribution is 0.371. The maximum Gasteiger partial charge on any atom is 0.162 e. The Labute approximate surface area is 111 Å². The number of nitrogens with one attached hydrogen (secondary N) is 1. The van der Waals surface area contributed by atoms with Crippen molar-refractivity contribution in [1.29, 1.82) is 5.26 Å². The van der Waals surface area contributed by atoms with Crippen LogP contribution in [0.25, 0.3) is 0 Å². The number of rotatable bonds is 4. The number of ether oxygens (including phenoxy) is 1. The minimum Gasteiger partial charge on any atom is -0.504 e. The quantitative estimate of drug-likeness (QED) is 0.880. The molecule has 4 nitrogen and oxygen atoms in total. The number of hydrogen-bond acceptors (Lipinski definition) is 4. The Kier molecular flexibility index (Phi) is 3.89. The van der Waals surface area contributed by atoms with Crippen molar-refractivity contribution in [1.82, 2.24) is 0 Å². The zero-order valence-corrected chi connectivity index (χ0v) is 10.6. The first kappa shape index (κ1) is 12.8. The van der Waals surface area contributed by atoms with Gasteiger partial charge < -0.3 is 15.2 Å². The van der Waals surface area contributed by atoms with E-state index >= 15 is 0 Å². The lowest BCUT2D eigenvalue weighted by Crippen LogP contribution is -2.02. The standard InChI is InChI=1S/C15H14N2O2/c1-19-14-8-4-6-12(15(14)18)10-17-13-7-3-2-5-11(13)9-16/h2-8,17-18H,10H2,1H3. The van der Waals surface area contributed by atoms with Gasteiger partial charge >= 0.3 is 0 Å². The maximum atomic E-state index is 9.96. The molecule has 2 aromatic rings. The van der Waals surface area contributed by atoms with E-state index in [1.54, 1.807) is 18.2 Å². The Hall–Kier alpha value is -2.67. The van der Waals surface area contributed by atoms with E-state index in [9.17, 15) is 5.11 Å². The van der Waals surface area contributed by atoms with Crippen LogP contribution in [0.15, 0.2) is 42.5 Å². The fourth-order valence-corrected chi connectivity index (χ4v) is 1.80. The van der Waals surface area contributed by atoms with Gasteiger partial charge in [-0.15, -0.1) is 0 Å². The van der Waals surface area contributed by atoms with Crippen molar-refractivity contribution < 1.29 is 9.84 Å². The molecule has 0 aliphatic rings. The van der Waals surface area contributed by atoms with Gasteiger partial charge in [0, 0.05) is 12.1 Å². The second-order valence-corrected chi connectivity index (χ2v) is 3.98. The van der Waals surface area contributed by atoms with Crippen LogP contribution in [-0.2, 0) is 6.54 Å². The zero-order valence-electron chi connectivity index (χ0n) is 10.6. The molecule has 0 aromatic heterocycles. The number of para-hydroxylation sites is 2. The molecule has 0 aliphatic heterocycles. The van der Waals surface area contributed by atoms with Gasteiger partial charge in [-0.1, -0.05) is 24.3 Å². The van der Waals surface area contributed by atoms with E-state index in [4.69, 9.17) is 10.00 Å². The van der Waals surface area contributed by atoms with Crippen molar-refractivity contribution in [3.8, 4) is 17.6 Å². The normalized spacial score (nSPS) is 9.68. The number of phenolic OH excluding ortho intramolecular Hbond substituents is 1. The van der Waals surface area contributed by atoms with Crippen molar-refractivity contribution in [2.45, 2.75) is 6.54 Å². The molecule has 0 unspecified atom stereocenters. The van der Waals surface area contributed by atoms with Gasteiger partial charge in [0.2, 0.25) is 0 Å². The number of benzene rings is 2. The fourth-order valence-electron chi connectivity index (χ4n) is 1.80. The first-order chi connectivity index (χ1) is 9.26. The van der Waals surface area contributed by atoms with Gasteiger partial charge in [-0.2, -0.15) is 5.26 Å². The van der Waals surface area contributed by atoms with Crippen molar-refractivity contribution in [3.05, 3.63) is 53.6 Å². The number of phenols is 1. The molecule has 0 amide bonds. The second kappa shape index (κ2) is 5.78. The van der Waals surface area contributed by atoms with Crippen molar-refractivity contribution in [3.63, 3.8) is 0 Å². The summed E-state index contributed by atoms with van der Waals surface area (Å²) in [6.45, 7) is 0.418. The summed E-state index contributed by atoms with van der Waals surface area (Å²) in [5, 5.41) is 22.1. The minimum absolute atomic E-state index is 0.118. The van der Waals surface area contributed by atoms with E-state index in [0.29, 0.717) is 23.4 Å². The average molecular weight is 254 g/mol. The van der Waals surface area contributed by atoms with Crippen LogP contribution in [0.3, 0.4) is 0 Å². The van der Waals surface area contributed by atoms with E-state index in [2.05, 4.69) is 11.4 Å². The molecule has 0 saturated heterocycles. The number of nitrogens with zero attached hydrogens (tertiary/aromatic N) is 1. The van der Waals surface area contributed by atoms with E-state index in [-0.39, 0.29) is 5.75 Å². The molecule has 0 spiro atoms. The molecule has 96 valence electrons. The number of aromatic hydroxyl groups is 1. The molecule has 19 heavy (non-hydrogen) atoms. The predicted molar refractivity (Wildman–Crippen MR) is 73.1 cm³/mol. The molecule has 4 heteroatoms. The van der Waals surface area contributed by atoms with Gasteiger partial charge in [-0.3, -0.25) is 0 Å². The van der Waals surface area contributed by atoms with Gasteiger partial charge in [0.1, 0.15) is 6.07 Å². The Morgan fingerprint density at radius 3 is 2.74 bits per heavy atom. The summed E-state index contributed by atoms with van der Waals surface area (Å²) in [5.74, 6) is 0.555. The highest BCUT2D eigenvalue weighted by molar-refractivity contribution is 5.58. The molecule has 0 atom stereocenters. The van der Waals surface area contributed by atoms with E-state index in [1.807, 2.05) is 24.3 Å². The van der Waals surface area contributed by atoms with Crippen LogP contribution in [0.5, 0.6) is 11.5 Å². The highest BCUT2D eigenvalue weighted by atomic mass is 16.5. The third-order valence-electron chi connectivity index (χ3n) is 2.82. The molecule has 2 aromatic carbocycles. The monoisotopic (exact) mass is 254 g/mol. The molecule has 2 N–H and O–H groups in total. The van der Waals surface area contributed by atoms with E-state index in [0.717, 1.165) is 5.69 Å². The third-order valence-corrected chi connectivity index (χ3v) is 2.82. The Morgan fingerprint density at radius 2 is 2.00 bits per heavy atom. The van der Waals surface area contributed by atoms with Crippen LogP contribution in [0.4, 0.5) is 5.69 Å². The van der Waals surface area contributed by atoms with Gasteiger partial charge in [0.05, 0.1) is 18.4 Å². The molecular formula is C15H14N2O2. The second-order valence-electron chi connectivity index (χ2n) is 3.98. The lowest BCUT2D eigenvalue weighted by atomic mass is 10.1. The third kappa shape index (κ3) is 2.78. The average Bonchev–Trinajstić information content (AvgIpc) is 2.46. The van der Waals surface area contributed by atoms with Crippen LogP contribution in [0.2, 0.25) is 0 Å². The highest BCUT2D eigenvalue weighted by Crippen LogP contribution is 2.30. The molecule has 2 rings (SSSR count). The highest BCUT2D eigenvalue weighted by Gasteiger charge is 2.07. The molecule has 0 bridgehead atoms. The van der Waals surface area contributed by atoms with E-state index in [1.165, 1.54) is 7.11 Å². The SMILES string of the molecule is COc1cccc(CNc2ccccc2C#N)c1O. The number of anilines is 1. The fraction of sp³-hybridized carbons (Fsp3) is 0.133. The first-order valence-electron chi connectivity index (χ1n) is 5.84. The minimum atomic E-state index is 0.118. The Bertz CT molecular complexity index is 618. The maximum absolute atomic E-state index is 9.96. The lowest BCUT2D eigenvalue weighted by Gasteiger charge is -2.11. The topological polar surface area (TPSA) is 65.3 Å². The van der Waals surface area contributed by atoms with Crippen LogP contribution in [0.1, 0.15) is 11.1 Å². The van der Waals surface area contributed by atoms with Crippen molar-refractivity contribution >= 4 is 5.69 Å². The van der Waals surface area contributed by atoms with Crippen LogP contribution >= 0.6 is 0 Å². The number of methoxy groups -OCH3 is 1. The van der Waals surface area contributed by atoms with Crippen LogP contribution in [-0.4, -0.2) is 12.2 Å². The number of hydrogen-bond donors (Lipinski definition) is 2. The Morgan fingerprint density at radius 1 is 1.21 bits per heavy atom. The smallest absolute Gasteiger partial charge is 0.162 e. The molecule has 0 fully saturated rings. The Balaban J connectivity index is 2.17. The van der Waals surface area contributed by atoms with Crippen molar-refractivity contribution in [2.24, 2.45) is 0 Å². The van der Waals surface area contributed by atoms with Crippen LogP contribution in [0, 0.1) is 11.3 Å². The predicted octanol–water partition coefficient (Wildman–Crippen LogP) is 2.88. The molecule has 0 saturated carbocycles. The van der Waals surface area contributed by atoms with Gasteiger partial charge in [0.15, 0.2) is 11.5 Å². The summed E-state index contributed by atoms with van der Waals surface area (Å²) in [7, 11) is 1.51. The first-order valence-corrected chi connectivity index (χ1v) is 5.84. The molecule has 0 radical (unpaired) electrons. The number of nitriles is 1. The molecular weight excluding hydrogens is 240 g/mol. The van der Waals surface area contributed by atoms with Crippen molar-refractivity contribution in [2.75, 3.05) is 12.4 Å². The summed E-state index contributed by atoms with van der Waals surface area (Å²) < 4.78 is 5.05.